The van der Waals surface area contributed by atoms with E-state index in [1.165, 1.54) is 11.1 Å². The molecule has 0 aromatic heterocycles. The first-order valence-electron chi connectivity index (χ1n) is 9.57. The number of carbonyl (C=O) groups is 1. The van der Waals surface area contributed by atoms with Crippen LogP contribution in [0.15, 0.2) is 36.4 Å². The average molecular weight is 381 g/mol. The van der Waals surface area contributed by atoms with Crippen LogP contribution in [0.2, 0.25) is 0 Å². The Balaban J connectivity index is 1.25. The third kappa shape index (κ3) is 2.96. The van der Waals surface area contributed by atoms with Crippen molar-refractivity contribution < 1.29 is 19.0 Å². The Morgan fingerprint density at radius 3 is 2.96 bits per heavy atom. The summed E-state index contributed by atoms with van der Waals surface area (Å²) < 4.78 is 16.1. The molecule has 2 heterocycles. The normalized spacial score (nSPS) is 24.4. The third-order valence-electron chi connectivity index (χ3n) is 5.87. The van der Waals surface area contributed by atoms with Gasteiger partial charge in [0.25, 0.3) is 0 Å². The SMILES string of the molecule is COc1ccc2c(c1)CCC1C(C(=O)NCc3ccc4c(c3)OCO4)NNC21. The summed E-state index contributed by atoms with van der Waals surface area (Å²) in [6.07, 6.45) is 1.90. The lowest BCUT2D eigenvalue weighted by molar-refractivity contribution is -0.124. The van der Waals surface area contributed by atoms with Gasteiger partial charge in [0.05, 0.1) is 13.2 Å². The summed E-state index contributed by atoms with van der Waals surface area (Å²) in [5.74, 6) is 2.58. The molecule has 1 saturated heterocycles. The van der Waals surface area contributed by atoms with Gasteiger partial charge in [-0.15, -0.1) is 0 Å². The highest BCUT2D eigenvalue weighted by Gasteiger charge is 2.43. The van der Waals surface area contributed by atoms with Gasteiger partial charge in [-0.1, -0.05) is 12.1 Å². The Kier molecular flexibility index (Phi) is 4.33. The molecule has 7 nitrogen and oxygen atoms in total. The van der Waals surface area contributed by atoms with Crippen molar-refractivity contribution in [3.05, 3.63) is 53.1 Å². The van der Waals surface area contributed by atoms with Gasteiger partial charge in [-0.25, -0.2) is 10.9 Å². The fourth-order valence-electron chi connectivity index (χ4n) is 4.39. The van der Waals surface area contributed by atoms with Crippen LogP contribution >= 0.6 is 0 Å². The van der Waals surface area contributed by atoms with Crippen molar-refractivity contribution in [3.63, 3.8) is 0 Å². The highest BCUT2D eigenvalue weighted by Crippen LogP contribution is 2.40. The monoisotopic (exact) mass is 381 g/mol. The van der Waals surface area contributed by atoms with Crippen LogP contribution in [0, 0.1) is 5.92 Å². The second-order valence-electron chi connectivity index (χ2n) is 7.42. The molecule has 2 aromatic carbocycles. The lowest BCUT2D eigenvalue weighted by atomic mass is 9.77. The van der Waals surface area contributed by atoms with Gasteiger partial charge in [-0.2, -0.15) is 0 Å². The number of amides is 1. The third-order valence-corrected chi connectivity index (χ3v) is 5.87. The zero-order valence-electron chi connectivity index (χ0n) is 15.7. The summed E-state index contributed by atoms with van der Waals surface area (Å²) >= 11 is 0. The van der Waals surface area contributed by atoms with E-state index in [1.54, 1.807) is 7.11 Å². The maximum Gasteiger partial charge on any atom is 0.239 e. The first-order chi connectivity index (χ1) is 13.7. The van der Waals surface area contributed by atoms with Crippen LogP contribution < -0.4 is 30.4 Å². The molecule has 0 radical (unpaired) electrons. The van der Waals surface area contributed by atoms with Gasteiger partial charge in [-0.05, 0) is 53.8 Å². The summed E-state index contributed by atoms with van der Waals surface area (Å²) in [6, 6.07) is 11.8. The Morgan fingerprint density at radius 1 is 1.18 bits per heavy atom. The van der Waals surface area contributed by atoms with Gasteiger partial charge >= 0.3 is 0 Å². The van der Waals surface area contributed by atoms with Crippen LogP contribution in [-0.4, -0.2) is 25.9 Å². The highest BCUT2D eigenvalue weighted by atomic mass is 16.7. The van der Waals surface area contributed by atoms with Gasteiger partial charge in [0.1, 0.15) is 11.8 Å². The molecule has 28 heavy (non-hydrogen) atoms. The first kappa shape index (κ1) is 17.3. The number of fused-ring (bicyclic) bond motifs is 4. The second-order valence-corrected chi connectivity index (χ2v) is 7.42. The number of hydrazine groups is 1. The van der Waals surface area contributed by atoms with E-state index in [0.29, 0.717) is 6.54 Å². The van der Waals surface area contributed by atoms with E-state index < -0.39 is 0 Å². The van der Waals surface area contributed by atoms with E-state index in [0.717, 1.165) is 35.7 Å². The Bertz CT molecular complexity index is 917. The van der Waals surface area contributed by atoms with E-state index in [1.807, 2.05) is 24.3 Å². The van der Waals surface area contributed by atoms with Crippen molar-refractivity contribution in [3.8, 4) is 17.2 Å². The molecule has 1 aliphatic carbocycles. The average Bonchev–Trinajstić information content (AvgIpc) is 3.37. The number of aryl methyl sites for hydroxylation is 1. The Hall–Kier alpha value is -2.77. The van der Waals surface area contributed by atoms with E-state index in [2.05, 4.69) is 28.3 Å². The number of carbonyl (C=O) groups excluding carboxylic acids is 1. The molecule has 1 fully saturated rings. The second kappa shape index (κ2) is 7.00. The van der Waals surface area contributed by atoms with Crippen molar-refractivity contribution in [2.24, 2.45) is 5.92 Å². The van der Waals surface area contributed by atoms with E-state index in [4.69, 9.17) is 14.2 Å². The predicted molar refractivity (Wildman–Crippen MR) is 102 cm³/mol. The van der Waals surface area contributed by atoms with Crippen LogP contribution in [0.3, 0.4) is 0 Å². The number of nitrogens with one attached hydrogen (secondary N) is 3. The quantitative estimate of drug-likeness (QED) is 0.750. The Labute approximate surface area is 163 Å². The van der Waals surface area contributed by atoms with Crippen LogP contribution in [0.1, 0.15) is 29.2 Å². The molecule has 7 heteroatoms. The summed E-state index contributed by atoms with van der Waals surface area (Å²) in [5, 5.41) is 3.05. The molecule has 3 unspecified atom stereocenters. The standard InChI is InChI=1S/C21H23N3O4/c1-26-14-4-6-15-13(9-14)3-5-16-19(15)23-24-20(16)21(25)22-10-12-2-7-17-18(8-12)28-11-27-17/h2,4,6-9,16,19-20,23-24H,3,5,10-11H2,1H3,(H,22,25). The molecule has 3 atom stereocenters. The van der Waals surface area contributed by atoms with Crippen LogP contribution in [0.25, 0.3) is 0 Å². The highest BCUT2D eigenvalue weighted by molar-refractivity contribution is 5.82. The van der Waals surface area contributed by atoms with Gasteiger partial charge in [-0.3, -0.25) is 4.79 Å². The molecule has 3 aliphatic rings. The van der Waals surface area contributed by atoms with Crippen molar-refractivity contribution in [2.45, 2.75) is 31.5 Å². The molecule has 146 valence electrons. The van der Waals surface area contributed by atoms with Crippen molar-refractivity contribution >= 4 is 5.91 Å². The summed E-state index contributed by atoms with van der Waals surface area (Å²) in [6.45, 7) is 0.706. The minimum Gasteiger partial charge on any atom is -0.497 e. The van der Waals surface area contributed by atoms with E-state index in [-0.39, 0.29) is 30.7 Å². The van der Waals surface area contributed by atoms with Gasteiger partial charge < -0.3 is 19.5 Å². The zero-order chi connectivity index (χ0) is 19.1. The van der Waals surface area contributed by atoms with E-state index >= 15 is 0 Å². The smallest absolute Gasteiger partial charge is 0.239 e. The summed E-state index contributed by atoms with van der Waals surface area (Å²) in [5.41, 5.74) is 10.1. The van der Waals surface area contributed by atoms with Crippen LogP contribution in [-0.2, 0) is 17.8 Å². The van der Waals surface area contributed by atoms with Crippen LogP contribution in [0.4, 0.5) is 0 Å². The molecular formula is C21H23N3O4. The maximum atomic E-state index is 12.8. The topological polar surface area (TPSA) is 80.9 Å². The fraction of sp³-hybridized carbons (Fsp3) is 0.381. The molecule has 3 N–H and O–H groups in total. The number of ether oxygens (including phenoxy) is 3. The van der Waals surface area contributed by atoms with Crippen molar-refractivity contribution in [1.29, 1.82) is 0 Å². The lowest BCUT2D eigenvalue weighted by Crippen LogP contribution is -2.45. The molecule has 0 bridgehead atoms. The van der Waals surface area contributed by atoms with Crippen molar-refractivity contribution in [1.82, 2.24) is 16.2 Å². The number of benzene rings is 2. The predicted octanol–water partition coefficient (Wildman–Crippen LogP) is 1.82. The summed E-state index contributed by atoms with van der Waals surface area (Å²) in [7, 11) is 1.68. The molecular weight excluding hydrogens is 358 g/mol. The van der Waals surface area contributed by atoms with Gasteiger partial charge in [0.2, 0.25) is 12.7 Å². The van der Waals surface area contributed by atoms with E-state index in [9.17, 15) is 4.79 Å². The zero-order valence-corrected chi connectivity index (χ0v) is 15.7. The molecule has 0 saturated carbocycles. The first-order valence-corrected chi connectivity index (χ1v) is 9.57. The van der Waals surface area contributed by atoms with Gasteiger partial charge in [0.15, 0.2) is 11.5 Å². The maximum absolute atomic E-state index is 12.8. The summed E-state index contributed by atoms with van der Waals surface area (Å²) in [4.78, 5) is 12.8. The number of methoxy groups -OCH3 is 1. The van der Waals surface area contributed by atoms with Crippen molar-refractivity contribution in [2.75, 3.05) is 13.9 Å². The minimum absolute atomic E-state index is 0.00892. The molecule has 2 aromatic rings. The molecule has 5 rings (SSSR count). The number of hydrogen-bond donors (Lipinski definition) is 3. The lowest BCUT2D eigenvalue weighted by Gasteiger charge is -2.29. The number of hydrogen-bond acceptors (Lipinski definition) is 6. The fourth-order valence-corrected chi connectivity index (χ4v) is 4.39. The molecule has 0 spiro atoms. The largest absolute Gasteiger partial charge is 0.497 e. The van der Waals surface area contributed by atoms with Gasteiger partial charge in [0, 0.05) is 12.5 Å². The molecule has 1 amide bonds. The Morgan fingerprint density at radius 2 is 2.07 bits per heavy atom. The number of rotatable bonds is 4. The minimum atomic E-state index is -0.255. The molecule has 2 aliphatic heterocycles. The van der Waals surface area contributed by atoms with Crippen LogP contribution in [0.5, 0.6) is 17.2 Å².